The number of esters is 1. The number of aliphatic hydroxyl groups is 1. The zero-order valence-corrected chi connectivity index (χ0v) is 14.1. The van der Waals surface area contributed by atoms with Crippen LogP contribution in [0.1, 0.15) is 45.4 Å². The summed E-state index contributed by atoms with van der Waals surface area (Å²) < 4.78 is 65.9. The summed E-state index contributed by atoms with van der Waals surface area (Å²) in [5.41, 5.74) is -0.794. The molecule has 0 aromatic carbocycles. The molecule has 0 amide bonds. The number of alkyl halides is 2. The van der Waals surface area contributed by atoms with Crippen molar-refractivity contribution in [3.05, 3.63) is 0 Å². The van der Waals surface area contributed by atoms with Crippen molar-refractivity contribution in [2.24, 2.45) is 5.92 Å². The van der Waals surface area contributed by atoms with Gasteiger partial charge in [-0.2, -0.15) is 17.2 Å². The van der Waals surface area contributed by atoms with Crippen LogP contribution in [-0.4, -0.2) is 53.7 Å². The Morgan fingerprint density at radius 2 is 1.92 bits per heavy atom. The summed E-state index contributed by atoms with van der Waals surface area (Å²) >= 11 is 0. The van der Waals surface area contributed by atoms with E-state index >= 15 is 0 Å². The molecule has 2 saturated carbocycles. The molecule has 2 fully saturated rings. The van der Waals surface area contributed by atoms with Crippen molar-refractivity contribution in [1.29, 1.82) is 0 Å². The van der Waals surface area contributed by atoms with Crippen molar-refractivity contribution in [3.8, 4) is 0 Å². The summed E-state index contributed by atoms with van der Waals surface area (Å²) in [6, 6.07) is 0. The maximum Gasteiger partial charge on any atom is 0.405 e. The van der Waals surface area contributed by atoms with E-state index in [0.717, 1.165) is 19.3 Å². The van der Waals surface area contributed by atoms with E-state index in [1.807, 2.05) is 0 Å². The number of ether oxygens (including phenoxy) is 2. The van der Waals surface area contributed by atoms with E-state index in [2.05, 4.69) is 4.74 Å². The lowest BCUT2D eigenvalue weighted by Crippen LogP contribution is -2.50. The molecule has 2 rings (SSSR count). The third-order valence-electron chi connectivity index (χ3n) is 4.91. The van der Waals surface area contributed by atoms with Crippen molar-refractivity contribution in [2.45, 2.75) is 68.5 Å². The van der Waals surface area contributed by atoms with Gasteiger partial charge in [0.2, 0.25) is 0 Å². The molecule has 2 aliphatic carbocycles. The zero-order chi connectivity index (χ0) is 18.2. The van der Waals surface area contributed by atoms with Crippen LogP contribution >= 0.6 is 0 Å². The second-order valence-corrected chi connectivity index (χ2v) is 8.01. The van der Waals surface area contributed by atoms with Gasteiger partial charge in [-0.3, -0.25) is 4.55 Å². The second kappa shape index (κ2) is 6.81. The molecule has 0 spiro atoms. The fourth-order valence-corrected chi connectivity index (χ4v) is 3.79. The van der Waals surface area contributed by atoms with Crippen LogP contribution in [0.5, 0.6) is 0 Å². The summed E-state index contributed by atoms with van der Waals surface area (Å²) in [4.78, 5) is 11.6. The minimum absolute atomic E-state index is 0.0931. The van der Waals surface area contributed by atoms with Crippen molar-refractivity contribution in [3.63, 3.8) is 0 Å². The van der Waals surface area contributed by atoms with Crippen molar-refractivity contribution >= 4 is 16.1 Å². The second-order valence-electron chi connectivity index (χ2n) is 6.51. The third-order valence-corrected chi connectivity index (χ3v) is 5.93. The zero-order valence-electron chi connectivity index (χ0n) is 13.3. The molecule has 0 bridgehead atoms. The van der Waals surface area contributed by atoms with Gasteiger partial charge in [-0.25, -0.2) is 4.79 Å². The topological polar surface area (TPSA) is 110 Å². The van der Waals surface area contributed by atoms with Gasteiger partial charge in [0.05, 0.1) is 11.7 Å². The standard InChI is InChI=1S/C14H22F2O7S/c1-9(14(15,16)24(19,20)21)23-12(17)8-22-11-5-4-10(11)13(18)6-2-3-7-13/h9-11,18H,2-8H2,1H3,(H,19,20,21). The summed E-state index contributed by atoms with van der Waals surface area (Å²) in [7, 11) is -5.68. The predicted molar refractivity (Wildman–Crippen MR) is 77.9 cm³/mol. The molecule has 0 radical (unpaired) electrons. The fraction of sp³-hybridized carbons (Fsp3) is 0.929. The van der Waals surface area contributed by atoms with Gasteiger partial charge >= 0.3 is 21.3 Å². The highest BCUT2D eigenvalue weighted by Gasteiger charge is 2.52. The number of hydrogen-bond donors (Lipinski definition) is 2. The Bertz CT molecular complexity index is 572. The lowest BCUT2D eigenvalue weighted by atomic mass is 9.69. The number of hydrogen-bond acceptors (Lipinski definition) is 6. The Labute approximate surface area is 139 Å². The first kappa shape index (κ1) is 19.5. The van der Waals surface area contributed by atoms with Gasteiger partial charge in [0.25, 0.3) is 0 Å². The van der Waals surface area contributed by atoms with E-state index in [9.17, 15) is 27.1 Å². The van der Waals surface area contributed by atoms with E-state index in [0.29, 0.717) is 26.2 Å². The number of carbonyl (C=O) groups excluding carboxylic acids is 1. The van der Waals surface area contributed by atoms with E-state index < -0.39 is 39.7 Å². The molecular weight excluding hydrogens is 350 g/mol. The van der Waals surface area contributed by atoms with Crippen molar-refractivity contribution in [1.82, 2.24) is 0 Å². The van der Waals surface area contributed by atoms with Gasteiger partial charge in [0.15, 0.2) is 6.10 Å². The maximum atomic E-state index is 13.3. The first-order chi connectivity index (χ1) is 11.0. The molecule has 2 aliphatic rings. The molecule has 7 nitrogen and oxygen atoms in total. The van der Waals surface area contributed by atoms with E-state index in [1.165, 1.54) is 0 Å². The molecule has 0 aromatic rings. The first-order valence-electron chi connectivity index (χ1n) is 7.86. The van der Waals surface area contributed by atoms with Crippen LogP contribution in [0.15, 0.2) is 0 Å². The van der Waals surface area contributed by atoms with Crippen LogP contribution < -0.4 is 0 Å². The summed E-state index contributed by atoms with van der Waals surface area (Å²) in [6.45, 7) is 0.0439. The van der Waals surface area contributed by atoms with E-state index in [1.54, 1.807) is 0 Å². The number of rotatable bonds is 7. The lowest BCUT2D eigenvalue weighted by Gasteiger charge is -2.45. The molecule has 3 unspecified atom stereocenters. The van der Waals surface area contributed by atoms with Crippen LogP contribution in [0.4, 0.5) is 8.78 Å². The SMILES string of the molecule is CC(OC(=O)COC1CCC1C1(O)CCCC1)C(F)(F)S(=O)(=O)O. The molecule has 3 atom stereocenters. The van der Waals surface area contributed by atoms with E-state index in [-0.39, 0.29) is 12.0 Å². The first-order valence-corrected chi connectivity index (χ1v) is 9.30. The Morgan fingerprint density at radius 1 is 1.33 bits per heavy atom. The number of carbonyl (C=O) groups is 1. The molecule has 2 N–H and O–H groups in total. The molecule has 0 saturated heterocycles. The van der Waals surface area contributed by atoms with Gasteiger partial charge in [0, 0.05) is 5.92 Å². The van der Waals surface area contributed by atoms with Crippen LogP contribution in [-0.2, 0) is 24.4 Å². The van der Waals surface area contributed by atoms with Gasteiger partial charge in [-0.15, -0.1) is 0 Å². The summed E-state index contributed by atoms with van der Waals surface area (Å²) in [6.07, 6.45) is 1.95. The van der Waals surface area contributed by atoms with Crippen molar-refractivity contribution in [2.75, 3.05) is 6.61 Å². The molecule has 0 heterocycles. The Morgan fingerprint density at radius 3 is 2.38 bits per heavy atom. The van der Waals surface area contributed by atoms with Gasteiger partial charge in [-0.05, 0) is 32.6 Å². The molecule has 24 heavy (non-hydrogen) atoms. The summed E-state index contributed by atoms with van der Waals surface area (Å²) in [5, 5.41) is 5.90. The predicted octanol–water partition coefficient (Wildman–Crippen LogP) is 1.50. The highest BCUT2D eigenvalue weighted by Crippen LogP contribution is 2.46. The third kappa shape index (κ3) is 3.87. The average Bonchev–Trinajstić information content (AvgIpc) is 2.83. The minimum Gasteiger partial charge on any atom is -0.453 e. The summed E-state index contributed by atoms with van der Waals surface area (Å²) in [5.74, 6) is -1.25. The van der Waals surface area contributed by atoms with Crippen LogP contribution in [0.2, 0.25) is 0 Å². The fourth-order valence-electron chi connectivity index (χ4n) is 3.33. The molecular formula is C14H22F2O7S. The monoisotopic (exact) mass is 372 g/mol. The Kier molecular flexibility index (Phi) is 5.53. The lowest BCUT2D eigenvalue weighted by molar-refractivity contribution is -0.178. The minimum atomic E-state index is -5.68. The average molecular weight is 372 g/mol. The molecule has 0 aliphatic heterocycles. The van der Waals surface area contributed by atoms with E-state index in [4.69, 9.17) is 9.29 Å². The van der Waals surface area contributed by atoms with Gasteiger partial charge in [0.1, 0.15) is 6.61 Å². The highest BCUT2D eigenvalue weighted by atomic mass is 32.2. The van der Waals surface area contributed by atoms with Crippen LogP contribution in [0, 0.1) is 5.92 Å². The maximum absolute atomic E-state index is 13.3. The molecule has 0 aromatic heterocycles. The van der Waals surface area contributed by atoms with Gasteiger partial charge < -0.3 is 14.6 Å². The molecule has 140 valence electrons. The van der Waals surface area contributed by atoms with Crippen LogP contribution in [0.25, 0.3) is 0 Å². The molecule has 10 heteroatoms. The Balaban J connectivity index is 1.81. The normalized spacial score (nSPS) is 28.2. The highest BCUT2D eigenvalue weighted by molar-refractivity contribution is 7.86. The number of halogens is 2. The van der Waals surface area contributed by atoms with Crippen LogP contribution in [0.3, 0.4) is 0 Å². The Hall–Kier alpha value is -0.840. The quantitative estimate of drug-likeness (QED) is 0.515. The largest absolute Gasteiger partial charge is 0.453 e. The van der Waals surface area contributed by atoms with Crippen molar-refractivity contribution < 1.29 is 41.1 Å². The van der Waals surface area contributed by atoms with Gasteiger partial charge in [-0.1, -0.05) is 12.8 Å². The smallest absolute Gasteiger partial charge is 0.405 e.